The maximum atomic E-state index is 13.3. The Balaban J connectivity index is 2.48. The van der Waals surface area contributed by atoms with Crippen LogP contribution in [0.2, 0.25) is 0 Å². The Kier molecular flexibility index (Phi) is 4.63. The molecule has 0 N–H and O–H groups in total. The summed E-state index contributed by atoms with van der Waals surface area (Å²) in [7, 11) is 1.52. The minimum Gasteiger partial charge on any atom is -0.462 e. The Bertz CT molecular complexity index is 801. The zero-order valence-corrected chi connectivity index (χ0v) is 12.8. The van der Waals surface area contributed by atoms with Gasteiger partial charge in [-0.15, -0.1) is 0 Å². The lowest BCUT2D eigenvalue weighted by molar-refractivity contribution is 0.0523. The molecule has 2 rings (SSSR count). The summed E-state index contributed by atoms with van der Waals surface area (Å²) < 4.78 is 46.9. The molecule has 0 unspecified atom stereocenters. The van der Waals surface area contributed by atoms with Gasteiger partial charge in [0, 0.05) is 7.05 Å². The molecule has 0 saturated heterocycles. The van der Waals surface area contributed by atoms with Crippen LogP contribution in [0.25, 0.3) is 0 Å². The molecule has 23 heavy (non-hydrogen) atoms. The van der Waals surface area contributed by atoms with Gasteiger partial charge in [0.25, 0.3) is 5.56 Å². The molecule has 0 radical (unpaired) electrons. The molecule has 0 fully saturated rings. The molecular formula is C15H15F3N2O3. The number of aromatic nitrogens is 2. The minimum atomic E-state index is -1.57. The van der Waals surface area contributed by atoms with Crippen molar-refractivity contribution in [2.24, 2.45) is 7.05 Å². The standard InChI is InChI=1S/C15H15F3N2O3/c1-4-23-15(22)12-8(2)19(3)20(14(12)21)7-9-5-10(16)13(18)11(17)6-9/h5-6H,4,7H2,1-3H3. The van der Waals surface area contributed by atoms with Crippen molar-refractivity contribution in [2.45, 2.75) is 20.4 Å². The maximum Gasteiger partial charge on any atom is 0.345 e. The lowest BCUT2D eigenvalue weighted by Crippen LogP contribution is -2.25. The molecule has 1 aromatic heterocycles. The van der Waals surface area contributed by atoms with Gasteiger partial charge in [0.15, 0.2) is 17.5 Å². The van der Waals surface area contributed by atoms with Crippen molar-refractivity contribution in [3.8, 4) is 0 Å². The summed E-state index contributed by atoms with van der Waals surface area (Å²) in [6.45, 7) is 3.06. The number of rotatable bonds is 4. The summed E-state index contributed by atoms with van der Waals surface area (Å²) in [5, 5.41) is 0. The summed E-state index contributed by atoms with van der Waals surface area (Å²) in [5.41, 5.74) is -0.373. The van der Waals surface area contributed by atoms with Crippen molar-refractivity contribution in [3.63, 3.8) is 0 Å². The van der Waals surface area contributed by atoms with Gasteiger partial charge < -0.3 is 4.74 Å². The smallest absolute Gasteiger partial charge is 0.345 e. The van der Waals surface area contributed by atoms with E-state index in [0.29, 0.717) is 5.69 Å². The second-order valence-corrected chi connectivity index (χ2v) is 4.94. The molecule has 0 atom stereocenters. The molecule has 0 aliphatic rings. The number of halogens is 3. The van der Waals surface area contributed by atoms with Crippen LogP contribution in [-0.4, -0.2) is 21.9 Å². The third-order valence-electron chi connectivity index (χ3n) is 3.51. The van der Waals surface area contributed by atoms with Crippen molar-refractivity contribution >= 4 is 5.97 Å². The lowest BCUT2D eigenvalue weighted by Gasteiger charge is -2.09. The maximum absolute atomic E-state index is 13.3. The van der Waals surface area contributed by atoms with Crippen LogP contribution in [0.3, 0.4) is 0 Å². The normalized spacial score (nSPS) is 10.9. The van der Waals surface area contributed by atoms with Gasteiger partial charge in [0.1, 0.15) is 5.56 Å². The summed E-state index contributed by atoms with van der Waals surface area (Å²) in [6.07, 6.45) is 0. The number of benzene rings is 1. The molecule has 1 aromatic carbocycles. The number of nitrogens with zero attached hydrogens (tertiary/aromatic N) is 2. The van der Waals surface area contributed by atoms with E-state index in [1.54, 1.807) is 13.8 Å². The number of carbonyl (C=O) groups is 1. The Morgan fingerprint density at radius 2 is 1.78 bits per heavy atom. The lowest BCUT2D eigenvalue weighted by atomic mass is 10.2. The first-order valence-electron chi connectivity index (χ1n) is 6.84. The molecule has 8 heteroatoms. The molecule has 0 aliphatic heterocycles. The SMILES string of the molecule is CCOC(=O)c1c(C)n(C)n(Cc2cc(F)c(F)c(F)c2)c1=O. The summed E-state index contributed by atoms with van der Waals surface area (Å²) in [5.74, 6) is -5.02. The van der Waals surface area contributed by atoms with Crippen molar-refractivity contribution in [1.82, 2.24) is 9.36 Å². The van der Waals surface area contributed by atoms with Crippen LogP contribution in [-0.2, 0) is 18.3 Å². The first-order chi connectivity index (χ1) is 10.8. The van der Waals surface area contributed by atoms with Gasteiger partial charge in [-0.3, -0.25) is 9.48 Å². The Labute approximate surface area is 129 Å². The van der Waals surface area contributed by atoms with E-state index in [9.17, 15) is 22.8 Å². The molecule has 0 saturated carbocycles. The molecule has 1 heterocycles. The first kappa shape index (κ1) is 16.9. The fraction of sp³-hybridized carbons (Fsp3) is 0.333. The third kappa shape index (κ3) is 3.01. The number of ether oxygens (including phenoxy) is 1. The molecule has 0 amide bonds. The summed E-state index contributed by atoms with van der Waals surface area (Å²) in [4.78, 5) is 24.2. The highest BCUT2D eigenvalue weighted by atomic mass is 19.2. The Morgan fingerprint density at radius 1 is 1.22 bits per heavy atom. The van der Waals surface area contributed by atoms with Crippen molar-refractivity contribution in [1.29, 1.82) is 0 Å². The van der Waals surface area contributed by atoms with E-state index in [1.807, 2.05) is 0 Å². The van der Waals surface area contributed by atoms with Crippen LogP contribution in [0, 0.1) is 24.4 Å². The highest BCUT2D eigenvalue weighted by molar-refractivity contribution is 5.90. The second kappa shape index (κ2) is 6.31. The van der Waals surface area contributed by atoms with Gasteiger partial charge in [-0.1, -0.05) is 0 Å². The van der Waals surface area contributed by atoms with Gasteiger partial charge in [-0.2, -0.15) is 0 Å². The van der Waals surface area contributed by atoms with Gasteiger partial charge in [0.05, 0.1) is 18.8 Å². The topological polar surface area (TPSA) is 53.2 Å². The molecule has 0 aliphatic carbocycles. The third-order valence-corrected chi connectivity index (χ3v) is 3.51. The van der Waals surface area contributed by atoms with Crippen molar-refractivity contribution in [2.75, 3.05) is 6.61 Å². The minimum absolute atomic E-state index is 0.0551. The zero-order chi connectivity index (χ0) is 17.3. The molecule has 5 nitrogen and oxygen atoms in total. The average Bonchev–Trinajstić information content (AvgIpc) is 2.69. The second-order valence-electron chi connectivity index (χ2n) is 4.94. The van der Waals surface area contributed by atoms with E-state index in [0.717, 1.165) is 16.8 Å². The number of esters is 1. The van der Waals surface area contributed by atoms with E-state index >= 15 is 0 Å². The number of hydrogen-bond donors (Lipinski definition) is 0. The Hall–Kier alpha value is -2.51. The van der Waals surface area contributed by atoms with E-state index in [2.05, 4.69) is 0 Å². The monoisotopic (exact) mass is 328 g/mol. The van der Waals surface area contributed by atoms with E-state index < -0.39 is 29.0 Å². The predicted molar refractivity (Wildman–Crippen MR) is 75.8 cm³/mol. The highest BCUT2D eigenvalue weighted by Gasteiger charge is 2.23. The molecule has 124 valence electrons. The Morgan fingerprint density at radius 3 is 2.30 bits per heavy atom. The van der Waals surface area contributed by atoms with E-state index in [-0.39, 0.29) is 24.3 Å². The predicted octanol–water partition coefficient (Wildman–Crippen LogP) is 2.14. The molecule has 2 aromatic rings. The first-order valence-corrected chi connectivity index (χ1v) is 6.84. The largest absolute Gasteiger partial charge is 0.462 e. The van der Waals surface area contributed by atoms with Gasteiger partial charge in [0.2, 0.25) is 0 Å². The van der Waals surface area contributed by atoms with Gasteiger partial charge in [-0.25, -0.2) is 22.6 Å². The zero-order valence-electron chi connectivity index (χ0n) is 12.8. The van der Waals surface area contributed by atoms with E-state index in [4.69, 9.17) is 4.74 Å². The fourth-order valence-corrected chi connectivity index (χ4v) is 2.25. The van der Waals surface area contributed by atoms with Gasteiger partial charge in [-0.05, 0) is 31.5 Å². The molecule has 0 spiro atoms. The van der Waals surface area contributed by atoms with Crippen LogP contribution < -0.4 is 5.56 Å². The number of hydrogen-bond acceptors (Lipinski definition) is 3. The van der Waals surface area contributed by atoms with Crippen molar-refractivity contribution < 1.29 is 22.7 Å². The van der Waals surface area contributed by atoms with Crippen LogP contribution in [0.15, 0.2) is 16.9 Å². The van der Waals surface area contributed by atoms with Crippen molar-refractivity contribution in [3.05, 3.63) is 56.8 Å². The molecular weight excluding hydrogens is 313 g/mol. The van der Waals surface area contributed by atoms with Crippen LogP contribution in [0.4, 0.5) is 13.2 Å². The molecule has 0 bridgehead atoms. The highest BCUT2D eigenvalue weighted by Crippen LogP contribution is 2.15. The van der Waals surface area contributed by atoms with Crippen LogP contribution >= 0.6 is 0 Å². The summed E-state index contributed by atoms with van der Waals surface area (Å²) >= 11 is 0. The quantitative estimate of drug-likeness (QED) is 0.638. The fourth-order valence-electron chi connectivity index (χ4n) is 2.25. The van der Waals surface area contributed by atoms with Crippen LogP contribution in [0.1, 0.15) is 28.5 Å². The summed E-state index contributed by atoms with van der Waals surface area (Å²) in [6, 6.07) is 1.61. The van der Waals surface area contributed by atoms with Gasteiger partial charge >= 0.3 is 5.97 Å². The number of carbonyl (C=O) groups excluding carboxylic acids is 1. The average molecular weight is 328 g/mol. The van der Waals surface area contributed by atoms with E-state index in [1.165, 1.54) is 11.7 Å². The van der Waals surface area contributed by atoms with Crippen LogP contribution in [0.5, 0.6) is 0 Å².